The summed E-state index contributed by atoms with van der Waals surface area (Å²) in [4.78, 5) is 25.5. The summed E-state index contributed by atoms with van der Waals surface area (Å²) >= 11 is 3.24. The van der Waals surface area contributed by atoms with E-state index in [9.17, 15) is 9.59 Å². The second-order valence-electron chi connectivity index (χ2n) is 3.86. The van der Waals surface area contributed by atoms with Crippen LogP contribution in [0.2, 0.25) is 0 Å². The van der Waals surface area contributed by atoms with Gasteiger partial charge in [-0.1, -0.05) is 34.1 Å². The Bertz CT molecular complexity index is 551. The number of amides is 1. The number of likely N-dealkylation sites (N-methyl/N-ethyl adjacent to an activating group) is 1. The van der Waals surface area contributed by atoms with Gasteiger partial charge in [-0.25, -0.2) is 4.79 Å². The van der Waals surface area contributed by atoms with Gasteiger partial charge in [-0.2, -0.15) is 0 Å². The average molecular weight is 310 g/mol. The summed E-state index contributed by atoms with van der Waals surface area (Å²) in [6, 6.07) is 7.38. The zero-order valence-electron chi connectivity index (χ0n) is 10.1. The normalized spacial score (nSPS) is 16.6. The quantitative estimate of drug-likeness (QED) is 0.477. The van der Waals surface area contributed by atoms with Gasteiger partial charge in [0.05, 0.1) is 23.9 Å². The minimum atomic E-state index is -0.486. The Hall–Kier alpha value is -1.62. The zero-order chi connectivity index (χ0) is 13.3. The van der Waals surface area contributed by atoms with Crippen LogP contribution in [0.5, 0.6) is 0 Å². The molecule has 1 aromatic rings. The molecule has 18 heavy (non-hydrogen) atoms. The number of fused-ring (bicyclic) bond motifs is 1. The van der Waals surface area contributed by atoms with Crippen molar-refractivity contribution in [1.29, 1.82) is 0 Å². The molecule has 5 heteroatoms. The molecule has 0 fully saturated rings. The van der Waals surface area contributed by atoms with E-state index in [2.05, 4.69) is 15.9 Å². The number of alkyl halides is 1. The average Bonchev–Trinajstić information content (AvgIpc) is 2.65. The lowest BCUT2D eigenvalue weighted by molar-refractivity contribution is -0.136. The molecule has 0 aliphatic carbocycles. The molecule has 1 aliphatic rings. The summed E-state index contributed by atoms with van der Waals surface area (Å²) in [7, 11) is 3.00. The van der Waals surface area contributed by atoms with Crippen LogP contribution in [-0.2, 0) is 14.3 Å². The Morgan fingerprint density at radius 3 is 2.67 bits per heavy atom. The number of hydrogen-bond donors (Lipinski definition) is 0. The second kappa shape index (κ2) is 4.94. The highest BCUT2D eigenvalue weighted by Crippen LogP contribution is 2.37. The van der Waals surface area contributed by atoms with Crippen molar-refractivity contribution in [2.45, 2.75) is 0 Å². The van der Waals surface area contributed by atoms with Gasteiger partial charge in [0.25, 0.3) is 5.91 Å². The molecule has 1 aromatic carbocycles. The maximum atomic E-state index is 12.2. The first-order valence-corrected chi connectivity index (χ1v) is 6.48. The van der Waals surface area contributed by atoms with Gasteiger partial charge in [0.15, 0.2) is 0 Å². The van der Waals surface area contributed by atoms with Crippen LogP contribution in [0.15, 0.2) is 29.8 Å². The lowest BCUT2D eigenvalue weighted by atomic mass is 10.0. The summed E-state index contributed by atoms with van der Waals surface area (Å²) in [5, 5.41) is 0.281. The van der Waals surface area contributed by atoms with Crippen molar-refractivity contribution in [1.82, 2.24) is 0 Å². The molecule has 0 spiro atoms. The first-order chi connectivity index (χ1) is 8.61. The summed E-state index contributed by atoms with van der Waals surface area (Å²) < 4.78 is 4.72. The smallest absolute Gasteiger partial charge is 0.335 e. The molecule has 1 amide bonds. The third-order valence-corrected chi connectivity index (χ3v) is 3.48. The van der Waals surface area contributed by atoms with Crippen LogP contribution in [0, 0.1) is 0 Å². The maximum Gasteiger partial charge on any atom is 0.335 e. The van der Waals surface area contributed by atoms with Gasteiger partial charge < -0.3 is 9.64 Å². The Balaban J connectivity index is 2.68. The van der Waals surface area contributed by atoms with Gasteiger partial charge in [-0.3, -0.25) is 4.79 Å². The summed E-state index contributed by atoms with van der Waals surface area (Å²) in [6.45, 7) is 0. The predicted molar refractivity (Wildman–Crippen MR) is 72.6 cm³/mol. The van der Waals surface area contributed by atoms with E-state index in [1.165, 1.54) is 12.0 Å². The van der Waals surface area contributed by atoms with Gasteiger partial charge in [0, 0.05) is 17.9 Å². The van der Waals surface area contributed by atoms with E-state index < -0.39 is 5.97 Å². The Kier molecular flexibility index (Phi) is 3.52. The first kappa shape index (κ1) is 12.8. The highest BCUT2D eigenvalue weighted by Gasteiger charge is 2.33. The Labute approximate surface area is 113 Å². The minimum absolute atomic E-state index is 0.184. The van der Waals surface area contributed by atoms with Crippen LogP contribution in [-0.4, -0.2) is 31.4 Å². The predicted octanol–water partition coefficient (Wildman–Crippen LogP) is 1.98. The third-order valence-electron chi connectivity index (χ3n) is 2.92. The largest absolute Gasteiger partial charge is 0.466 e. The van der Waals surface area contributed by atoms with Crippen molar-refractivity contribution in [2.24, 2.45) is 0 Å². The Morgan fingerprint density at radius 2 is 2.06 bits per heavy atom. The molecule has 1 heterocycles. The number of ether oxygens (including phenoxy) is 1. The van der Waals surface area contributed by atoms with Gasteiger partial charge in [-0.05, 0) is 6.07 Å². The van der Waals surface area contributed by atoms with Crippen LogP contribution < -0.4 is 4.90 Å². The van der Waals surface area contributed by atoms with E-state index in [1.54, 1.807) is 7.05 Å². The molecule has 4 nitrogen and oxygen atoms in total. The van der Waals surface area contributed by atoms with Crippen LogP contribution in [0.1, 0.15) is 5.56 Å². The van der Waals surface area contributed by atoms with E-state index >= 15 is 0 Å². The molecule has 0 atom stereocenters. The summed E-state index contributed by atoms with van der Waals surface area (Å²) in [5.74, 6) is -0.670. The molecule has 0 N–H and O–H groups in total. The fourth-order valence-electron chi connectivity index (χ4n) is 2.01. The van der Waals surface area contributed by atoms with E-state index in [0.717, 1.165) is 11.3 Å². The number of halogens is 1. The highest BCUT2D eigenvalue weighted by atomic mass is 79.9. The number of rotatable bonds is 2. The van der Waals surface area contributed by atoms with E-state index in [0.29, 0.717) is 11.1 Å². The van der Waals surface area contributed by atoms with Crippen molar-refractivity contribution in [3.05, 3.63) is 35.4 Å². The van der Waals surface area contributed by atoms with Crippen molar-refractivity contribution in [2.75, 3.05) is 24.4 Å². The zero-order valence-corrected chi connectivity index (χ0v) is 11.7. The highest BCUT2D eigenvalue weighted by molar-refractivity contribution is 9.09. The number of para-hydroxylation sites is 1. The van der Waals surface area contributed by atoms with E-state index in [-0.39, 0.29) is 11.2 Å². The molecular formula is C13H12BrNO3. The van der Waals surface area contributed by atoms with Gasteiger partial charge >= 0.3 is 5.97 Å². The third kappa shape index (κ3) is 1.84. The van der Waals surface area contributed by atoms with Gasteiger partial charge in [0.1, 0.15) is 0 Å². The van der Waals surface area contributed by atoms with Crippen molar-refractivity contribution >= 4 is 39.1 Å². The van der Waals surface area contributed by atoms with Crippen molar-refractivity contribution < 1.29 is 14.3 Å². The van der Waals surface area contributed by atoms with Gasteiger partial charge in [-0.15, -0.1) is 0 Å². The molecule has 0 saturated heterocycles. The molecule has 94 valence electrons. The lowest BCUT2D eigenvalue weighted by Crippen LogP contribution is -2.22. The fraction of sp³-hybridized carbons (Fsp3) is 0.231. The van der Waals surface area contributed by atoms with Crippen molar-refractivity contribution in [3.63, 3.8) is 0 Å². The number of esters is 1. The van der Waals surface area contributed by atoms with Crippen molar-refractivity contribution in [3.8, 4) is 0 Å². The van der Waals surface area contributed by atoms with Crippen LogP contribution >= 0.6 is 15.9 Å². The number of carbonyl (C=O) groups is 2. The lowest BCUT2D eigenvalue weighted by Gasteiger charge is -2.08. The summed E-state index contributed by atoms with van der Waals surface area (Å²) in [6.07, 6.45) is 0. The molecule has 0 bridgehead atoms. The topological polar surface area (TPSA) is 46.6 Å². The number of nitrogens with zero attached hydrogens (tertiary/aromatic N) is 1. The number of anilines is 1. The SMILES string of the molecule is COC(=O)/C(CBr)=C1/C(=O)N(C)c2ccccc21. The number of methoxy groups -OCH3 is 1. The molecule has 1 aliphatic heterocycles. The molecule has 0 radical (unpaired) electrons. The molecule has 0 aromatic heterocycles. The second-order valence-corrected chi connectivity index (χ2v) is 4.42. The van der Waals surface area contributed by atoms with E-state index in [4.69, 9.17) is 4.74 Å². The monoisotopic (exact) mass is 309 g/mol. The number of carbonyl (C=O) groups excluding carboxylic acids is 2. The van der Waals surface area contributed by atoms with E-state index in [1.807, 2.05) is 24.3 Å². The maximum absolute atomic E-state index is 12.2. The molecule has 0 unspecified atom stereocenters. The first-order valence-electron chi connectivity index (χ1n) is 5.36. The molecule has 2 rings (SSSR count). The molecular weight excluding hydrogens is 298 g/mol. The van der Waals surface area contributed by atoms with Crippen LogP contribution in [0.25, 0.3) is 5.57 Å². The molecule has 0 saturated carbocycles. The number of hydrogen-bond acceptors (Lipinski definition) is 3. The standard InChI is InChI=1S/C13H12BrNO3/c1-15-10-6-4-3-5-8(10)11(12(15)16)9(7-14)13(17)18-2/h3-6H,7H2,1-2H3/b11-9+. The van der Waals surface area contributed by atoms with Crippen LogP contribution in [0.4, 0.5) is 5.69 Å². The number of benzene rings is 1. The minimum Gasteiger partial charge on any atom is -0.466 e. The summed E-state index contributed by atoms with van der Waals surface area (Å²) in [5.41, 5.74) is 2.33. The van der Waals surface area contributed by atoms with Gasteiger partial charge in [0.2, 0.25) is 0 Å². The van der Waals surface area contributed by atoms with Crippen LogP contribution in [0.3, 0.4) is 0 Å². The Morgan fingerprint density at radius 1 is 1.39 bits per heavy atom. The fourth-order valence-corrected chi connectivity index (χ4v) is 2.52.